The third kappa shape index (κ3) is 3.78. The van der Waals surface area contributed by atoms with Crippen molar-refractivity contribution >= 4 is 28.8 Å². The quantitative estimate of drug-likeness (QED) is 0.806. The van der Waals surface area contributed by atoms with E-state index >= 15 is 0 Å². The maximum Gasteiger partial charge on any atom is 0.247 e. The SMILES string of the molecule is CC(C)CN1CCN2C(=O)C(C)N(C(=O)CCc3nc4ccccc4[nH]3)CC2C1=O. The van der Waals surface area contributed by atoms with Gasteiger partial charge in [0.25, 0.3) is 0 Å². The number of H-pyrrole nitrogens is 1. The molecule has 160 valence electrons. The maximum absolute atomic E-state index is 13.0. The number of aromatic nitrogens is 2. The van der Waals surface area contributed by atoms with Crippen molar-refractivity contribution in [3.05, 3.63) is 30.1 Å². The number of piperazine rings is 2. The zero-order valence-corrected chi connectivity index (χ0v) is 17.8. The van der Waals surface area contributed by atoms with Crippen molar-refractivity contribution in [1.82, 2.24) is 24.7 Å². The predicted molar refractivity (Wildman–Crippen MR) is 113 cm³/mol. The van der Waals surface area contributed by atoms with Gasteiger partial charge < -0.3 is 19.7 Å². The fourth-order valence-corrected chi connectivity index (χ4v) is 4.43. The van der Waals surface area contributed by atoms with Gasteiger partial charge in [-0.05, 0) is 25.0 Å². The summed E-state index contributed by atoms with van der Waals surface area (Å²) < 4.78 is 0. The second kappa shape index (κ2) is 8.08. The van der Waals surface area contributed by atoms with Crippen LogP contribution in [0.4, 0.5) is 0 Å². The van der Waals surface area contributed by atoms with Gasteiger partial charge in [0, 0.05) is 32.5 Å². The minimum Gasteiger partial charge on any atom is -0.342 e. The standard InChI is InChI=1S/C22H29N5O3/c1-14(2)12-25-10-11-26-18(22(25)30)13-27(15(3)21(26)29)20(28)9-8-19-23-16-6-4-5-7-17(16)24-19/h4-7,14-15,18H,8-13H2,1-3H3,(H,23,24). The molecule has 0 bridgehead atoms. The van der Waals surface area contributed by atoms with Crippen molar-refractivity contribution in [1.29, 1.82) is 0 Å². The summed E-state index contributed by atoms with van der Waals surface area (Å²) in [6, 6.07) is 6.62. The van der Waals surface area contributed by atoms with Crippen LogP contribution in [-0.2, 0) is 20.8 Å². The Morgan fingerprint density at radius 3 is 2.70 bits per heavy atom. The smallest absolute Gasteiger partial charge is 0.247 e. The highest BCUT2D eigenvalue weighted by atomic mass is 16.2. The van der Waals surface area contributed by atoms with Gasteiger partial charge in [-0.3, -0.25) is 14.4 Å². The van der Waals surface area contributed by atoms with E-state index in [9.17, 15) is 14.4 Å². The third-order valence-electron chi connectivity index (χ3n) is 5.98. The lowest BCUT2D eigenvalue weighted by molar-refractivity contribution is -0.165. The van der Waals surface area contributed by atoms with E-state index in [1.807, 2.05) is 29.2 Å². The first kappa shape index (κ1) is 20.4. The van der Waals surface area contributed by atoms with Crippen LogP contribution in [0.15, 0.2) is 24.3 Å². The number of hydrogen-bond donors (Lipinski definition) is 1. The Morgan fingerprint density at radius 2 is 1.97 bits per heavy atom. The molecule has 30 heavy (non-hydrogen) atoms. The molecule has 4 rings (SSSR count). The van der Waals surface area contributed by atoms with Crippen molar-refractivity contribution in [3.63, 3.8) is 0 Å². The summed E-state index contributed by atoms with van der Waals surface area (Å²) >= 11 is 0. The number of hydrogen-bond acceptors (Lipinski definition) is 4. The van der Waals surface area contributed by atoms with E-state index in [1.54, 1.807) is 16.7 Å². The fourth-order valence-electron chi connectivity index (χ4n) is 4.43. The molecule has 2 aliphatic heterocycles. The normalized spacial score (nSPS) is 22.2. The molecule has 1 aromatic carbocycles. The average Bonchev–Trinajstić information content (AvgIpc) is 3.13. The molecule has 0 radical (unpaired) electrons. The topological polar surface area (TPSA) is 89.6 Å². The summed E-state index contributed by atoms with van der Waals surface area (Å²) in [7, 11) is 0. The highest BCUT2D eigenvalue weighted by molar-refractivity contribution is 5.95. The number of imidazole rings is 1. The molecular formula is C22H29N5O3. The zero-order chi connectivity index (χ0) is 21.4. The number of aromatic amines is 1. The van der Waals surface area contributed by atoms with Gasteiger partial charge in [0.05, 0.1) is 17.6 Å². The van der Waals surface area contributed by atoms with Gasteiger partial charge in [-0.2, -0.15) is 0 Å². The molecule has 3 amide bonds. The molecule has 2 fully saturated rings. The number of rotatable bonds is 5. The predicted octanol–water partition coefficient (Wildman–Crippen LogP) is 1.42. The van der Waals surface area contributed by atoms with Crippen molar-refractivity contribution < 1.29 is 14.4 Å². The molecule has 8 nitrogen and oxygen atoms in total. The molecule has 2 unspecified atom stereocenters. The largest absolute Gasteiger partial charge is 0.342 e. The number of nitrogens with zero attached hydrogens (tertiary/aromatic N) is 4. The van der Waals surface area contributed by atoms with Crippen LogP contribution in [-0.4, -0.2) is 80.7 Å². The van der Waals surface area contributed by atoms with Crippen molar-refractivity contribution in [3.8, 4) is 0 Å². The number of carbonyl (C=O) groups is 3. The lowest BCUT2D eigenvalue weighted by atomic mass is 10.0. The first-order valence-electron chi connectivity index (χ1n) is 10.7. The molecule has 0 spiro atoms. The molecular weight excluding hydrogens is 382 g/mol. The van der Waals surface area contributed by atoms with Crippen LogP contribution in [0.5, 0.6) is 0 Å². The summed E-state index contributed by atoms with van der Waals surface area (Å²) in [6.07, 6.45) is 0.709. The molecule has 2 aromatic rings. The van der Waals surface area contributed by atoms with Gasteiger partial charge in [-0.15, -0.1) is 0 Å². The molecule has 2 atom stereocenters. The first-order valence-corrected chi connectivity index (χ1v) is 10.7. The molecule has 0 saturated carbocycles. The number of nitrogens with one attached hydrogen (secondary N) is 1. The Morgan fingerprint density at radius 1 is 1.20 bits per heavy atom. The molecule has 2 aliphatic rings. The van der Waals surface area contributed by atoms with E-state index in [0.717, 1.165) is 16.9 Å². The van der Waals surface area contributed by atoms with E-state index in [-0.39, 0.29) is 30.7 Å². The van der Waals surface area contributed by atoms with Crippen LogP contribution in [0.2, 0.25) is 0 Å². The van der Waals surface area contributed by atoms with E-state index in [0.29, 0.717) is 32.0 Å². The highest BCUT2D eigenvalue weighted by Crippen LogP contribution is 2.23. The van der Waals surface area contributed by atoms with Gasteiger partial charge in [-0.25, -0.2) is 4.98 Å². The molecule has 0 aliphatic carbocycles. The average molecular weight is 412 g/mol. The van der Waals surface area contributed by atoms with Crippen LogP contribution in [0.1, 0.15) is 33.0 Å². The number of aryl methyl sites for hydroxylation is 1. The van der Waals surface area contributed by atoms with Gasteiger partial charge in [-0.1, -0.05) is 26.0 Å². The van der Waals surface area contributed by atoms with E-state index in [4.69, 9.17) is 0 Å². The molecule has 1 aromatic heterocycles. The van der Waals surface area contributed by atoms with Crippen LogP contribution < -0.4 is 0 Å². The number of amides is 3. The molecule has 8 heteroatoms. The van der Waals surface area contributed by atoms with Gasteiger partial charge >= 0.3 is 0 Å². The maximum atomic E-state index is 13.0. The number of fused-ring (bicyclic) bond motifs is 2. The molecule has 1 N–H and O–H groups in total. The molecule has 3 heterocycles. The lowest BCUT2D eigenvalue weighted by Gasteiger charge is -2.48. The monoisotopic (exact) mass is 411 g/mol. The van der Waals surface area contributed by atoms with Crippen LogP contribution >= 0.6 is 0 Å². The van der Waals surface area contributed by atoms with E-state index < -0.39 is 12.1 Å². The van der Waals surface area contributed by atoms with Gasteiger partial charge in [0.15, 0.2) is 0 Å². The number of benzene rings is 1. The fraction of sp³-hybridized carbons (Fsp3) is 0.545. The number of para-hydroxylation sites is 2. The summed E-state index contributed by atoms with van der Waals surface area (Å²) in [5.74, 6) is 0.801. The van der Waals surface area contributed by atoms with Crippen molar-refractivity contribution in [2.75, 3.05) is 26.2 Å². The minimum absolute atomic E-state index is 0.0507. The van der Waals surface area contributed by atoms with Crippen molar-refractivity contribution in [2.24, 2.45) is 5.92 Å². The van der Waals surface area contributed by atoms with E-state index in [1.165, 1.54) is 0 Å². The third-order valence-corrected chi connectivity index (χ3v) is 5.98. The van der Waals surface area contributed by atoms with Crippen LogP contribution in [0.3, 0.4) is 0 Å². The second-order valence-corrected chi connectivity index (χ2v) is 8.65. The van der Waals surface area contributed by atoms with E-state index in [2.05, 4.69) is 23.8 Å². The summed E-state index contributed by atoms with van der Waals surface area (Å²) in [5.41, 5.74) is 1.81. The van der Waals surface area contributed by atoms with Crippen molar-refractivity contribution in [2.45, 2.75) is 45.7 Å². The Balaban J connectivity index is 1.44. The van der Waals surface area contributed by atoms with Gasteiger partial charge in [0.1, 0.15) is 17.9 Å². The van der Waals surface area contributed by atoms with Crippen LogP contribution in [0.25, 0.3) is 11.0 Å². The Kier molecular flexibility index (Phi) is 5.49. The molecule has 2 saturated heterocycles. The second-order valence-electron chi connectivity index (χ2n) is 8.65. The summed E-state index contributed by atoms with van der Waals surface area (Å²) in [4.78, 5) is 51.6. The minimum atomic E-state index is -0.573. The van der Waals surface area contributed by atoms with Gasteiger partial charge in [0.2, 0.25) is 17.7 Å². The Hall–Kier alpha value is -2.90. The lowest BCUT2D eigenvalue weighted by Crippen LogP contribution is -2.70. The summed E-state index contributed by atoms with van der Waals surface area (Å²) in [5, 5.41) is 0. The zero-order valence-electron chi connectivity index (χ0n) is 17.8. The number of carbonyl (C=O) groups excluding carboxylic acids is 3. The first-order chi connectivity index (χ1) is 14.3. The summed E-state index contributed by atoms with van der Waals surface area (Å²) in [6.45, 7) is 7.93. The van der Waals surface area contributed by atoms with Crippen LogP contribution in [0, 0.1) is 5.92 Å². The Labute approximate surface area is 176 Å². The Bertz CT molecular complexity index is 936. The highest BCUT2D eigenvalue weighted by Gasteiger charge is 2.46.